The number of anilines is 1. The van der Waals surface area contributed by atoms with Crippen LogP contribution in [0.2, 0.25) is 0 Å². The summed E-state index contributed by atoms with van der Waals surface area (Å²) >= 11 is 0. The van der Waals surface area contributed by atoms with E-state index in [-0.39, 0.29) is 5.82 Å². The summed E-state index contributed by atoms with van der Waals surface area (Å²) in [5, 5.41) is 0. The first-order valence-corrected chi connectivity index (χ1v) is 11.4. The van der Waals surface area contributed by atoms with Crippen molar-refractivity contribution in [1.29, 1.82) is 0 Å². The van der Waals surface area contributed by atoms with Crippen molar-refractivity contribution < 1.29 is 4.39 Å². The summed E-state index contributed by atoms with van der Waals surface area (Å²) in [5.41, 5.74) is 3.16. The summed E-state index contributed by atoms with van der Waals surface area (Å²) in [6, 6.07) is 14.7. The lowest BCUT2D eigenvalue weighted by molar-refractivity contribution is 0.248. The lowest BCUT2D eigenvalue weighted by Gasteiger charge is -2.35. The van der Waals surface area contributed by atoms with Gasteiger partial charge in [-0.1, -0.05) is 36.4 Å². The predicted octanol–water partition coefficient (Wildman–Crippen LogP) is 2.24. The minimum absolute atomic E-state index is 0.231. The fourth-order valence-corrected chi connectivity index (χ4v) is 4.53. The number of aryl methyl sites for hydroxylation is 2. The number of aromatic nitrogens is 4. The Hall–Kier alpha value is -3.72. The molecule has 34 heavy (non-hydrogen) atoms. The van der Waals surface area contributed by atoms with Crippen LogP contribution in [0, 0.1) is 12.7 Å². The van der Waals surface area contributed by atoms with Gasteiger partial charge in [0, 0.05) is 39.8 Å². The maximum absolute atomic E-state index is 13.2. The highest BCUT2D eigenvalue weighted by Crippen LogP contribution is 2.24. The van der Waals surface area contributed by atoms with Crippen molar-refractivity contribution in [2.75, 3.05) is 31.1 Å². The smallest absolute Gasteiger partial charge is 0.329 e. The second kappa shape index (κ2) is 8.90. The van der Waals surface area contributed by atoms with Gasteiger partial charge in [0.1, 0.15) is 5.82 Å². The maximum atomic E-state index is 13.2. The van der Waals surface area contributed by atoms with Gasteiger partial charge in [-0.2, -0.15) is 4.98 Å². The van der Waals surface area contributed by atoms with Crippen molar-refractivity contribution in [2.45, 2.75) is 20.0 Å². The van der Waals surface area contributed by atoms with Crippen LogP contribution >= 0.6 is 0 Å². The van der Waals surface area contributed by atoms with Gasteiger partial charge < -0.3 is 4.90 Å². The Morgan fingerprint density at radius 2 is 1.68 bits per heavy atom. The van der Waals surface area contributed by atoms with Crippen molar-refractivity contribution in [3.05, 3.63) is 91.9 Å². The SMILES string of the molecule is Cc1ccccc1Cn1c(N2CCN(Cc3ccc(F)cc3)CC2)nc2c1c(=O)[nH]c(=O)n2C. The predicted molar refractivity (Wildman–Crippen MR) is 130 cm³/mol. The van der Waals surface area contributed by atoms with Crippen LogP contribution < -0.4 is 16.1 Å². The number of nitrogens with one attached hydrogen (secondary N) is 1. The largest absolute Gasteiger partial charge is 0.340 e. The van der Waals surface area contributed by atoms with Crippen LogP contribution in [0.5, 0.6) is 0 Å². The number of fused-ring (bicyclic) bond motifs is 1. The highest BCUT2D eigenvalue weighted by molar-refractivity contribution is 5.74. The summed E-state index contributed by atoms with van der Waals surface area (Å²) in [6.45, 7) is 6.34. The summed E-state index contributed by atoms with van der Waals surface area (Å²) in [4.78, 5) is 36.7. The van der Waals surface area contributed by atoms with E-state index in [1.165, 1.54) is 16.7 Å². The Kier molecular flexibility index (Phi) is 5.79. The summed E-state index contributed by atoms with van der Waals surface area (Å²) in [5.74, 6) is 0.455. The number of hydrogen-bond acceptors (Lipinski definition) is 5. The quantitative estimate of drug-likeness (QED) is 0.492. The molecule has 0 spiro atoms. The third-order valence-electron chi connectivity index (χ3n) is 6.55. The van der Waals surface area contributed by atoms with Gasteiger partial charge >= 0.3 is 5.69 Å². The van der Waals surface area contributed by atoms with Gasteiger partial charge in [0.15, 0.2) is 11.2 Å². The Bertz CT molecular complexity index is 1450. The first-order valence-electron chi connectivity index (χ1n) is 11.4. The molecule has 2 aromatic heterocycles. The molecule has 5 rings (SSSR count). The number of piperazine rings is 1. The molecule has 0 unspecified atom stereocenters. The molecule has 4 aromatic rings. The van der Waals surface area contributed by atoms with Crippen LogP contribution in [0.15, 0.2) is 58.1 Å². The van der Waals surface area contributed by atoms with Gasteiger partial charge in [-0.3, -0.25) is 23.8 Å². The van der Waals surface area contributed by atoms with Crippen molar-refractivity contribution in [3.8, 4) is 0 Å². The number of H-pyrrole nitrogens is 1. The third kappa shape index (κ3) is 4.14. The van der Waals surface area contributed by atoms with Crippen LogP contribution in [-0.2, 0) is 20.1 Å². The zero-order valence-corrected chi connectivity index (χ0v) is 19.3. The fourth-order valence-electron chi connectivity index (χ4n) is 4.53. The number of hydrogen-bond donors (Lipinski definition) is 1. The Balaban J connectivity index is 1.47. The van der Waals surface area contributed by atoms with Gasteiger partial charge in [-0.15, -0.1) is 0 Å². The van der Waals surface area contributed by atoms with Gasteiger partial charge in [-0.05, 0) is 35.7 Å². The van der Waals surface area contributed by atoms with E-state index >= 15 is 0 Å². The molecule has 176 valence electrons. The first kappa shape index (κ1) is 22.1. The standard InChI is InChI=1S/C25H27FN6O2/c1-17-5-3-4-6-19(17)16-32-21-22(29(2)25(34)28-23(21)33)27-24(32)31-13-11-30(12-14-31)15-18-7-9-20(26)10-8-18/h3-10H,11-16H2,1-2H3,(H,28,33,34). The molecule has 9 heteroatoms. The lowest BCUT2D eigenvalue weighted by atomic mass is 10.1. The topological polar surface area (TPSA) is 79.2 Å². The molecule has 1 aliphatic rings. The summed E-state index contributed by atoms with van der Waals surface area (Å²) < 4.78 is 16.5. The minimum atomic E-state index is -0.478. The zero-order chi connectivity index (χ0) is 23.8. The first-order chi connectivity index (χ1) is 16.4. The molecule has 3 heterocycles. The third-order valence-corrected chi connectivity index (χ3v) is 6.55. The molecule has 0 bridgehead atoms. The summed E-state index contributed by atoms with van der Waals surface area (Å²) in [6.07, 6.45) is 0. The number of rotatable bonds is 5. The molecule has 2 aromatic carbocycles. The van der Waals surface area contributed by atoms with Crippen molar-refractivity contribution in [1.82, 2.24) is 24.0 Å². The van der Waals surface area contributed by atoms with E-state index < -0.39 is 11.2 Å². The normalized spacial score (nSPS) is 14.7. The van der Waals surface area contributed by atoms with Crippen LogP contribution in [0.3, 0.4) is 0 Å². The molecule has 1 N–H and O–H groups in total. The van der Waals surface area contributed by atoms with E-state index in [0.717, 1.165) is 49.4 Å². The second-order valence-electron chi connectivity index (χ2n) is 8.80. The number of benzene rings is 2. The van der Waals surface area contributed by atoms with E-state index in [9.17, 15) is 14.0 Å². The van der Waals surface area contributed by atoms with E-state index in [2.05, 4.69) is 14.8 Å². The van der Waals surface area contributed by atoms with Gasteiger partial charge in [0.05, 0.1) is 6.54 Å². The number of aromatic amines is 1. The number of nitrogens with zero attached hydrogens (tertiary/aromatic N) is 5. The Morgan fingerprint density at radius 3 is 2.38 bits per heavy atom. The molecule has 0 radical (unpaired) electrons. The highest BCUT2D eigenvalue weighted by atomic mass is 19.1. The monoisotopic (exact) mass is 462 g/mol. The highest BCUT2D eigenvalue weighted by Gasteiger charge is 2.25. The molecule has 8 nitrogen and oxygen atoms in total. The zero-order valence-electron chi connectivity index (χ0n) is 19.3. The van der Waals surface area contributed by atoms with Crippen LogP contribution in [-0.4, -0.2) is 50.2 Å². The van der Waals surface area contributed by atoms with Crippen molar-refractivity contribution >= 4 is 17.1 Å². The van der Waals surface area contributed by atoms with Gasteiger partial charge in [-0.25, -0.2) is 9.18 Å². The van der Waals surface area contributed by atoms with Crippen molar-refractivity contribution in [3.63, 3.8) is 0 Å². The van der Waals surface area contributed by atoms with E-state index in [1.54, 1.807) is 7.05 Å². The molecular weight excluding hydrogens is 435 g/mol. The average Bonchev–Trinajstić information content (AvgIpc) is 3.21. The molecule has 1 fully saturated rings. The number of imidazole rings is 1. The van der Waals surface area contributed by atoms with Gasteiger partial charge in [0.2, 0.25) is 5.95 Å². The maximum Gasteiger partial charge on any atom is 0.329 e. The van der Waals surface area contributed by atoms with Crippen LogP contribution in [0.1, 0.15) is 16.7 Å². The van der Waals surface area contributed by atoms with Crippen molar-refractivity contribution in [2.24, 2.45) is 7.05 Å². The van der Waals surface area contributed by atoms with Gasteiger partial charge in [0.25, 0.3) is 5.56 Å². The van der Waals surface area contributed by atoms with Crippen LogP contribution in [0.4, 0.5) is 10.3 Å². The van der Waals surface area contributed by atoms with E-state index in [4.69, 9.17) is 4.98 Å². The Morgan fingerprint density at radius 1 is 0.971 bits per heavy atom. The molecule has 0 saturated carbocycles. The molecule has 1 aliphatic heterocycles. The Labute approximate surface area is 195 Å². The fraction of sp³-hybridized carbons (Fsp3) is 0.320. The average molecular weight is 463 g/mol. The summed E-state index contributed by atoms with van der Waals surface area (Å²) in [7, 11) is 1.62. The van der Waals surface area contributed by atoms with Crippen LogP contribution in [0.25, 0.3) is 11.2 Å². The lowest BCUT2D eigenvalue weighted by Crippen LogP contribution is -2.47. The van der Waals surface area contributed by atoms with E-state index in [0.29, 0.717) is 23.7 Å². The molecule has 0 aliphatic carbocycles. The molecule has 0 atom stereocenters. The molecular formula is C25H27FN6O2. The molecule has 0 amide bonds. The van der Waals surface area contributed by atoms with E-state index in [1.807, 2.05) is 47.9 Å². The second-order valence-corrected chi connectivity index (χ2v) is 8.80. The molecule has 1 saturated heterocycles. The number of halogens is 1. The minimum Gasteiger partial charge on any atom is -0.340 e.